The highest BCUT2D eigenvalue weighted by Crippen LogP contribution is 2.27. The number of methoxy groups -OCH3 is 1. The largest absolute Gasteiger partial charge is 0.372 e. The first-order chi connectivity index (χ1) is 11.7. The highest BCUT2D eigenvalue weighted by molar-refractivity contribution is 7.89. The molecule has 0 aliphatic carbocycles. The molecule has 1 atom stereocenters. The number of benzene rings is 2. The maximum Gasteiger partial charge on any atom is 0.240 e. The smallest absolute Gasteiger partial charge is 0.240 e. The highest BCUT2D eigenvalue weighted by atomic mass is 32.2. The molecule has 0 aliphatic heterocycles. The van der Waals surface area contributed by atoms with Crippen LogP contribution in [0.25, 0.3) is 0 Å². The van der Waals surface area contributed by atoms with Crippen molar-refractivity contribution in [3.63, 3.8) is 0 Å². The minimum atomic E-state index is -3.89. The fourth-order valence-corrected chi connectivity index (χ4v) is 3.54. The molecule has 2 aromatic rings. The second-order valence-electron chi connectivity index (χ2n) is 5.82. The fourth-order valence-electron chi connectivity index (χ4n) is 2.37. The molecule has 134 valence electrons. The molecule has 25 heavy (non-hydrogen) atoms. The van der Waals surface area contributed by atoms with Gasteiger partial charge in [0.15, 0.2) is 5.78 Å². The number of carbonyl (C=O) groups excluding carboxylic acids is 1. The van der Waals surface area contributed by atoms with Gasteiger partial charge in [0.25, 0.3) is 0 Å². The zero-order valence-corrected chi connectivity index (χ0v) is 15.1. The molecule has 7 heteroatoms. The lowest BCUT2D eigenvalue weighted by atomic mass is 9.95. The summed E-state index contributed by atoms with van der Waals surface area (Å²) >= 11 is 0. The Kier molecular flexibility index (Phi) is 5.72. The summed E-state index contributed by atoms with van der Waals surface area (Å²) in [4.78, 5) is 11.4. The van der Waals surface area contributed by atoms with Gasteiger partial charge in [0.2, 0.25) is 10.0 Å². The van der Waals surface area contributed by atoms with Crippen molar-refractivity contribution in [1.29, 1.82) is 0 Å². The Balaban J connectivity index is 2.27. The number of rotatable bonds is 7. The number of halogens is 1. The lowest BCUT2D eigenvalue weighted by Crippen LogP contribution is -2.40. The van der Waals surface area contributed by atoms with Gasteiger partial charge in [-0.25, -0.2) is 17.5 Å². The molecule has 0 unspecified atom stereocenters. The topological polar surface area (TPSA) is 72.5 Å². The average Bonchev–Trinajstić information content (AvgIpc) is 2.60. The van der Waals surface area contributed by atoms with Gasteiger partial charge in [-0.1, -0.05) is 30.3 Å². The van der Waals surface area contributed by atoms with Crippen molar-refractivity contribution in [3.05, 3.63) is 65.5 Å². The van der Waals surface area contributed by atoms with Crippen molar-refractivity contribution >= 4 is 15.8 Å². The number of hydrogen-bond donors (Lipinski definition) is 1. The zero-order chi connectivity index (χ0) is 18.7. The van der Waals surface area contributed by atoms with Crippen LogP contribution in [0.3, 0.4) is 0 Å². The number of ether oxygens (including phenoxy) is 1. The molecular formula is C18H20FNO4S. The molecule has 0 aromatic heterocycles. The monoisotopic (exact) mass is 365 g/mol. The molecule has 0 radical (unpaired) electrons. The first-order valence-corrected chi connectivity index (χ1v) is 9.09. The summed E-state index contributed by atoms with van der Waals surface area (Å²) in [5.74, 6) is -0.713. The van der Waals surface area contributed by atoms with E-state index in [0.29, 0.717) is 5.56 Å². The van der Waals surface area contributed by atoms with Crippen LogP contribution in [0.15, 0.2) is 53.4 Å². The molecule has 5 nitrogen and oxygen atoms in total. The van der Waals surface area contributed by atoms with E-state index in [2.05, 4.69) is 4.72 Å². The second kappa shape index (κ2) is 7.43. The third kappa shape index (κ3) is 4.31. The van der Waals surface area contributed by atoms with E-state index in [1.165, 1.54) is 38.3 Å². The Morgan fingerprint density at radius 2 is 1.88 bits per heavy atom. The van der Waals surface area contributed by atoms with E-state index in [0.717, 1.165) is 0 Å². The minimum absolute atomic E-state index is 0.0350. The predicted octanol–water partition coefficient (Wildman–Crippen LogP) is 2.87. The molecular weight excluding hydrogens is 345 g/mol. The van der Waals surface area contributed by atoms with Crippen LogP contribution in [0.2, 0.25) is 0 Å². The van der Waals surface area contributed by atoms with Crippen molar-refractivity contribution in [1.82, 2.24) is 4.72 Å². The second-order valence-corrected chi connectivity index (χ2v) is 7.59. The molecule has 0 saturated heterocycles. The standard InChI is InChI=1S/C18H20FNO4S/c1-13(21)14-7-6-8-15(11-14)25(22,23)20-12-18(2,24-3)16-9-4-5-10-17(16)19/h4-11,20H,12H2,1-3H3/t18-/m1/s1. The van der Waals surface area contributed by atoms with Crippen molar-refractivity contribution in [2.45, 2.75) is 24.3 Å². The van der Waals surface area contributed by atoms with Crippen LogP contribution in [0.1, 0.15) is 29.8 Å². The SMILES string of the molecule is CO[C@](C)(CNS(=O)(=O)c1cccc(C(C)=O)c1)c1ccccc1F. The Labute approximate surface area is 146 Å². The van der Waals surface area contributed by atoms with E-state index >= 15 is 0 Å². The van der Waals surface area contributed by atoms with Crippen molar-refractivity contribution < 1.29 is 22.3 Å². The maximum absolute atomic E-state index is 14.1. The van der Waals surface area contributed by atoms with Gasteiger partial charge in [-0.05, 0) is 32.0 Å². The fraction of sp³-hybridized carbons (Fsp3) is 0.278. The summed E-state index contributed by atoms with van der Waals surface area (Å²) in [6, 6.07) is 11.8. The van der Waals surface area contributed by atoms with Crippen LogP contribution in [-0.2, 0) is 20.4 Å². The summed E-state index contributed by atoms with van der Waals surface area (Å²) in [6.07, 6.45) is 0. The lowest BCUT2D eigenvalue weighted by molar-refractivity contribution is 0.00410. The van der Waals surface area contributed by atoms with Crippen molar-refractivity contribution in [2.24, 2.45) is 0 Å². The molecule has 0 spiro atoms. The Morgan fingerprint density at radius 3 is 2.48 bits per heavy atom. The first kappa shape index (κ1) is 19.2. The van der Waals surface area contributed by atoms with Gasteiger partial charge < -0.3 is 4.74 Å². The summed E-state index contributed by atoms with van der Waals surface area (Å²) in [5.41, 5.74) is -0.638. The maximum atomic E-state index is 14.1. The van der Waals surface area contributed by atoms with E-state index in [1.807, 2.05) is 0 Å². The molecule has 1 N–H and O–H groups in total. The average molecular weight is 365 g/mol. The van der Waals surface area contributed by atoms with Crippen LogP contribution in [0.4, 0.5) is 4.39 Å². The highest BCUT2D eigenvalue weighted by Gasteiger charge is 2.31. The number of Topliss-reactive ketones (excluding diaryl/α,β-unsaturated/α-hetero) is 1. The lowest BCUT2D eigenvalue weighted by Gasteiger charge is -2.29. The third-order valence-corrected chi connectivity index (χ3v) is 5.44. The van der Waals surface area contributed by atoms with E-state index in [4.69, 9.17) is 4.74 Å². The van der Waals surface area contributed by atoms with E-state index < -0.39 is 21.4 Å². The Bertz CT molecular complexity index is 882. The van der Waals surface area contributed by atoms with Crippen LogP contribution < -0.4 is 4.72 Å². The molecule has 2 aromatic carbocycles. The van der Waals surface area contributed by atoms with Crippen LogP contribution in [-0.4, -0.2) is 27.9 Å². The van der Waals surface area contributed by atoms with E-state index in [-0.39, 0.29) is 22.8 Å². The van der Waals surface area contributed by atoms with Gasteiger partial charge in [0, 0.05) is 24.8 Å². The van der Waals surface area contributed by atoms with Gasteiger partial charge in [-0.15, -0.1) is 0 Å². The van der Waals surface area contributed by atoms with Gasteiger partial charge in [0.05, 0.1) is 4.90 Å². The van der Waals surface area contributed by atoms with Crippen LogP contribution in [0, 0.1) is 5.82 Å². The number of carbonyl (C=O) groups is 1. The van der Waals surface area contributed by atoms with E-state index in [9.17, 15) is 17.6 Å². The molecule has 0 aliphatic rings. The number of hydrogen-bond acceptors (Lipinski definition) is 4. The summed E-state index contributed by atoms with van der Waals surface area (Å²) in [5, 5.41) is 0. The van der Waals surface area contributed by atoms with Gasteiger partial charge in [-0.2, -0.15) is 0 Å². The van der Waals surface area contributed by atoms with Crippen molar-refractivity contribution in [3.8, 4) is 0 Å². The minimum Gasteiger partial charge on any atom is -0.372 e. The summed E-state index contributed by atoms with van der Waals surface area (Å²) < 4.78 is 46.9. The van der Waals surface area contributed by atoms with Gasteiger partial charge in [0.1, 0.15) is 11.4 Å². The molecule has 0 amide bonds. The van der Waals surface area contributed by atoms with E-state index in [1.54, 1.807) is 31.2 Å². The summed E-state index contributed by atoms with van der Waals surface area (Å²) in [6.45, 7) is 2.79. The van der Waals surface area contributed by atoms with Gasteiger partial charge >= 0.3 is 0 Å². The molecule has 0 heterocycles. The molecule has 0 fully saturated rings. The van der Waals surface area contributed by atoms with Crippen LogP contribution >= 0.6 is 0 Å². The third-order valence-electron chi connectivity index (χ3n) is 4.04. The predicted molar refractivity (Wildman–Crippen MR) is 92.4 cm³/mol. The summed E-state index contributed by atoms with van der Waals surface area (Å²) in [7, 11) is -2.50. The molecule has 2 rings (SSSR count). The number of sulfonamides is 1. The Morgan fingerprint density at radius 1 is 1.20 bits per heavy atom. The number of ketones is 1. The molecule has 0 bridgehead atoms. The quantitative estimate of drug-likeness (QED) is 0.766. The zero-order valence-electron chi connectivity index (χ0n) is 14.2. The normalized spacial score (nSPS) is 14.1. The van der Waals surface area contributed by atoms with Crippen LogP contribution in [0.5, 0.6) is 0 Å². The van der Waals surface area contributed by atoms with Gasteiger partial charge in [-0.3, -0.25) is 4.79 Å². The molecule has 0 saturated carbocycles. The first-order valence-electron chi connectivity index (χ1n) is 7.60. The number of nitrogens with one attached hydrogen (secondary N) is 1. The van der Waals surface area contributed by atoms with Crippen molar-refractivity contribution in [2.75, 3.05) is 13.7 Å². The Hall–Kier alpha value is -2.09.